The van der Waals surface area contributed by atoms with Crippen LogP contribution in [-0.2, 0) is 10.2 Å². The third-order valence-corrected chi connectivity index (χ3v) is 10.0. The lowest BCUT2D eigenvalue weighted by atomic mass is 9.79. The second kappa shape index (κ2) is 32.6. The summed E-state index contributed by atoms with van der Waals surface area (Å²) in [4.78, 5) is 24.4. The lowest BCUT2D eigenvalue weighted by Gasteiger charge is -2.28. The molecule has 0 bridgehead atoms. The lowest BCUT2D eigenvalue weighted by Crippen LogP contribution is -2.38. The van der Waals surface area contributed by atoms with Crippen LogP contribution in [0, 0.1) is 0 Å². The Balaban J connectivity index is 0.000000816. The van der Waals surface area contributed by atoms with Crippen molar-refractivity contribution < 1.29 is 15.0 Å². The fraction of sp³-hybridized carbons (Fsp3) is 0.791. The number of rotatable bonds is 29. The molecule has 0 spiro atoms. The van der Waals surface area contributed by atoms with Gasteiger partial charge in [-0.15, -0.1) is 0 Å². The largest absolute Gasteiger partial charge is 0.501 e. The number of aliphatic hydroxyl groups excluding tert-OH is 1. The maximum Gasteiger partial charge on any atom is 0.304 e. The van der Waals surface area contributed by atoms with Crippen molar-refractivity contribution in [2.24, 2.45) is 0 Å². The summed E-state index contributed by atoms with van der Waals surface area (Å²) >= 11 is 5.09. The molecule has 3 N–H and O–H groups in total. The number of aromatic nitrogens is 2. The SMILES string of the molecule is CCCCCCCCC(CC(=O)O)(C(O)=S)c1nc2ccccc2[nH]1.CCCCN(CCCC)CCCC.CCCCN(CCCC)CCCC. The predicted molar refractivity (Wildman–Crippen MR) is 226 cm³/mol. The maximum absolute atomic E-state index is 11.5. The highest BCUT2D eigenvalue weighted by molar-refractivity contribution is 7.80. The number of para-hydroxylation sites is 2. The molecule has 1 unspecified atom stereocenters. The Morgan fingerprint density at radius 3 is 1.39 bits per heavy atom. The van der Waals surface area contributed by atoms with Crippen molar-refractivity contribution in [3.8, 4) is 0 Å². The van der Waals surface area contributed by atoms with Gasteiger partial charge in [0.2, 0.25) is 0 Å². The highest BCUT2D eigenvalue weighted by Crippen LogP contribution is 2.35. The first-order chi connectivity index (χ1) is 24.7. The van der Waals surface area contributed by atoms with Crippen LogP contribution in [0.25, 0.3) is 11.0 Å². The zero-order valence-corrected chi connectivity index (χ0v) is 35.1. The van der Waals surface area contributed by atoms with Gasteiger partial charge in [-0.3, -0.25) is 4.79 Å². The van der Waals surface area contributed by atoms with E-state index in [1.54, 1.807) is 0 Å². The zero-order valence-electron chi connectivity index (χ0n) is 34.2. The summed E-state index contributed by atoms with van der Waals surface area (Å²) in [6, 6.07) is 7.49. The van der Waals surface area contributed by atoms with E-state index in [0.29, 0.717) is 12.2 Å². The molecule has 51 heavy (non-hydrogen) atoms. The van der Waals surface area contributed by atoms with Gasteiger partial charge in [0.15, 0.2) is 5.05 Å². The Bertz CT molecular complexity index is 1010. The van der Waals surface area contributed by atoms with Gasteiger partial charge in [0.25, 0.3) is 0 Å². The molecule has 0 aliphatic heterocycles. The quantitative estimate of drug-likeness (QED) is 0.0566. The van der Waals surface area contributed by atoms with Gasteiger partial charge < -0.3 is 25.0 Å². The van der Waals surface area contributed by atoms with Gasteiger partial charge >= 0.3 is 5.97 Å². The maximum atomic E-state index is 11.5. The Morgan fingerprint density at radius 1 is 0.627 bits per heavy atom. The first kappa shape index (κ1) is 49.0. The Morgan fingerprint density at radius 2 is 1.02 bits per heavy atom. The van der Waals surface area contributed by atoms with Crippen LogP contribution in [0.5, 0.6) is 0 Å². The number of carboxylic acids is 1. The van der Waals surface area contributed by atoms with Crippen LogP contribution >= 0.6 is 12.2 Å². The van der Waals surface area contributed by atoms with Gasteiger partial charge in [-0.1, -0.05) is 138 Å². The van der Waals surface area contributed by atoms with E-state index in [1.807, 2.05) is 24.3 Å². The molecule has 0 saturated heterocycles. The number of thiocarbonyl (C=S) groups is 1. The normalized spacial score (nSPS) is 12.3. The summed E-state index contributed by atoms with van der Waals surface area (Å²) in [5.41, 5.74) is 0.406. The molecule has 8 heteroatoms. The second-order valence-electron chi connectivity index (χ2n) is 14.4. The molecule has 2 aromatic rings. The summed E-state index contributed by atoms with van der Waals surface area (Å²) in [7, 11) is 0. The summed E-state index contributed by atoms with van der Waals surface area (Å²) in [6.45, 7) is 23.7. The number of carboxylic acid groups (broad SMARTS) is 1. The number of hydrogen-bond acceptors (Lipinski definition) is 5. The van der Waals surface area contributed by atoms with E-state index in [2.05, 4.69) is 68.2 Å². The molecule has 2 rings (SSSR count). The number of aromatic amines is 1. The minimum Gasteiger partial charge on any atom is -0.501 e. The third-order valence-electron chi connectivity index (χ3n) is 9.63. The van der Waals surface area contributed by atoms with Crippen LogP contribution < -0.4 is 0 Å². The van der Waals surface area contributed by atoms with Crippen molar-refractivity contribution in [3.63, 3.8) is 0 Å². The minimum atomic E-state index is -1.15. The molecule has 0 saturated carbocycles. The first-order valence-corrected chi connectivity index (χ1v) is 21.4. The number of unbranched alkanes of at least 4 members (excludes halogenated alkanes) is 11. The zero-order chi connectivity index (χ0) is 38.2. The number of benzene rings is 1. The molecule has 296 valence electrons. The summed E-state index contributed by atoms with van der Waals surface area (Å²) in [6.07, 6.45) is 22.9. The molecule has 1 atom stereocenters. The van der Waals surface area contributed by atoms with Gasteiger partial charge in [0.1, 0.15) is 11.2 Å². The predicted octanol–water partition coefficient (Wildman–Crippen LogP) is 12.3. The molecule has 0 amide bonds. The molecular weight excluding hydrogens is 653 g/mol. The van der Waals surface area contributed by atoms with Gasteiger partial charge in [-0.25, -0.2) is 4.98 Å². The number of aliphatic carboxylic acids is 1. The lowest BCUT2D eigenvalue weighted by molar-refractivity contribution is -0.138. The topological polar surface area (TPSA) is 92.7 Å². The molecule has 1 heterocycles. The summed E-state index contributed by atoms with van der Waals surface area (Å²) in [5, 5.41) is 19.3. The van der Waals surface area contributed by atoms with Crippen molar-refractivity contribution in [2.75, 3.05) is 39.3 Å². The van der Waals surface area contributed by atoms with Crippen LogP contribution in [0.3, 0.4) is 0 Å². The smallest absolute Gasteiger partial charge is 0.304 e. The number of hydrogen-bond donors (Lipinski definition) is 3. The van der Waals surface area contributed by atoms with Crippen LogP contribution in [-0.4, -0.2) is 80.3 Å². The molecule has 1 aromatic carbocycles. The van der Waals surface area contributed by atoms with Crippen LogP contribution in [0.2, 0.25) is 0 Å². The monoisotopic (exact) mass is 733 g/mol. The van der Waals surface area contributed by atoms with Crippen molar-refractivity contribution in [2.45, 2.75) is 182 Å². The molecule has 0 fully saturated rings. The van der Waals surface area contributed by atoms with E-state index in [0.717, 1.165) is 30.3 Å². The first-order valence-electron chi connectivity index (χ1n) is 21.0. The van der Waals surface area contributed by atoms with Crippen molar-refractivity contribution in [1.29, 1.82) is 0 Å². The number of nitrogens with one attached hydrogen (secondary N) is 1. The molecule has 0 aliphatic carbocycles. The molecular formula is C43H80N4O3S. The van der Waals surface area contributed by atoms with Crippen LogP contribution in [0.15, 0.2) is 24.3 Å². The van der Waals surface area contributed by atoms with E-state index >= 15 is 0 Å². The Labute approximate surface area is 319 Å². The highest BCUT2D eigenvalue weighted by Gasteiger charge is 2.42. The number of aliphatic hydroxyl groups is 1. The van der Waals surface area contributed by atoms with Gasteiger partial charge in [-0.2, -0.15) is 0 Å². The van der Waals surface area contributed by atoms with Crippen LogP contribution in [0.1, 0.15) is 183 Å². The Hall–Kier alpha value is -2.03. The minimum absolute atomic E-state index is 0.267. The fourth-order valence-corrected chi connectivity index (χ4v) is 6.45. The molecule has 1 aromatic heterocycles. The van der Waals surface area contributed by atoms with Crippen LogP contribution in [0.4, 0.5) is 0 Å². The van der Waals surface area contributed by atoms with E-state index in [1.165, 1.54) is 136 Å². The van der Waals surface area contributed by atoms with E-state index in [-0.39, 0.29) is 11.5 Å². The van der Waals surface area contributed by atoms with Gasteiger partial charge in [0.05, 0.1) is 17.5 Å². The number of nitrogens with zero attached hydrogens (tertiary/aromatic N) is 3. The van der Waals surface area contributed by atoms with Crippen molar-refractivity contribution >= 4 is 34.3 Å². The van der Waals surface area contributed by atoms with E-state index in [9.17, 15) is 15.0 Å². The number of carbonyl (C=O) groups is 1. The second-order valence-corrected chi connectivity index (χ2v) is 14.8. The third kappa shape index (κ3) is 22.6. The highest BCUT2D eigenvalue weighted by atomic mass is 32.1. The summed E-state index contributed by atoms with van der Waals surface area (Å²) in [5.74, 6) is -0.556. The Kier molecular flexibility index (Phi) is 31.3. The molecule has 0 aliphatic rings. The van der Waals surface area contributed by atoms with Gasteiger partial charge in [0, 0.05) is 0 Å². The average Bonchev–Trinajstić information content (AvgIpc) is 3.57. The molecule has 0 radical (unpaired) electrons. The van der Waals surface area contributed by atoms with Crippen molar-refractivity contribution in [1.82, 2.24) is 19.8 Å². The molecule has 7 nitrogen and oxygen atoms in total. The summed E-state index contributed by atoms with van der Waals surface area (Å²) < 4.78 is 0. The van der Waals surface area contributed by atoms with Gasteiger partial charge in [-0.05, 0) is 109 Å². The number of fused-ring (bicyclic) bond motifs is 1. The average molecular weight is 733 g/mol. The number of H-pyrrole nitrogens is 1. The van der Waals surface area contributed by atoms with Crippen molar-refractivity contribution in [3.05, 3.63) is 30.1 Å². The standard InChI is InChI=1S/C19H26N2O3S.2C12H27N/c1-2-3-4-5-6-9-12-19(18(24)25,13-16(22)23)17-20-14-10-7-8-11-15(14)21-17;2*1-4-7-10-13(11-8-5-2)12-9-6-3/h7-8,10-11H,2-6,9,12-13H2,1H3,(H,20,21)(H,22,23)(H,24,25);2*4-12H2,1-3H3. The number of imidazole rings is 1. The fourth-order valence-electron chi connectivity index (χ4n) is 6.18. The van der Waals surface area contributed by atoms with E-state index < -0.39 is 11.4 Å². The van der Waals surface area contributed by atoms with E-state index in [4.69, 9.17) is 12.2 Å².